The Kier molecular flexibility index (Phi) is 9.27. The van der Waals surface area contributed by atoms with Gasteiger partial charge in [-0.25, -0.2) is 9.97 Å². The summed E-state index contributed by atoms with van der Waals surface area (Å²) in [6.07, 6.45) is 3.10. The van der Waals surface area contributed by atoms with Gasteiger partial charge in [-0.15, -0.1) is 0 Å². The predicted molar refractivity (Wildman–Crippen MR) is 111 cm³/mol. The number of aromatic nitrogens is 2. The van der Waals surface area contributed by atoms with Gasteiger partial charge < -0.3 is 20.9 Å². The van der Waals surface area contributed by atoms with Crippen LogP contribution in [0.3, 0.4) is 0 Å². The summed E-state index contributed by atoms with van der Waals surface area (Å²) in [6.45, 7) is 7.74. The van der Waals surface area contributed by atoms with Crippen molar-refractivity contribution < 1.29 is 9.59 Å². The number of hydrogen-bond donors (Lipinski definition) is 3. The highest BCUT2D eigenvalue weighted by atomic mass is 32.2. The summed E-state index contributed by atoms with van der Waals surface area (Å²) in [5.41, 5.74) is 0. The van der Waals surface area contributed by atoms with E-state index in [0.717, 1.165) is 5.17 Å². The molecule has 9 nitrogen and oxygen atoms in total. The van der Waals surface area contributed by atoms with Gasteiger partial charge >= 0.3 is 0 Å². The molecular formula is C17H27N7O2S. The van der Waals surface area contributed by atoms with Crippen LogP contribution >= 0.6 is 11.8 Å². The minimum Gasteiger partial charge on any atom is -0.368 e. The van der Waals surface area contributed by atoms with E-state index in [9.17, 15) is 9.59 Å². The van der Waals surface area contributed by atoms with Gasteiger partial charge in [-0.3, -0.25) is 14.6 Å². The molecule has 3 N–H and O–H groups in total. The van der Waals surface area contributed by atoms with Crippen LogP contribution in [0.5, 0.6) is 0 Å². The molecule has 0 fully saturated rings. The number of anilines is 2. The lowest BCUT2D eigenvalue weighted by molar-refractivity contribution is -0.134. The number of aliphatic imine (C=N–C) groups is 1. The van der Waals surface area contributed by atoms with Gasteiger partial charge in [-0.1, -0.05) is 18.3 Å². The van der Waals surface area contributed by atoms with Crippen molar-refractivity contribution in [3.63, 3.8) is 0 Å². The Labute approximate surface area is 164 Å². The van der Waals surface area contributed by atoms with Crippen molar-refractivity contribution >= 4 is 40.4 Å². The summed E-state index contributed by atoms with van der Waals surface area (Å²) in [7, 11) is 3.27. The summed E-state index contributed by atoms with van der Waals surface area (Å²) in [5, 5.41) is 9.79. The molecule has 1 atom stereocenters. The molecule has 1 aromatic rings. The maximum Gasteiger partial charge on any atom is 0.246 e. The van der Waals surface area contributed by atoms with E-state index in [2.05, 4.69) is 37.5 Å². The zero-order valence-electron chi connectivity index (χ0n) is 16.4. The first kappa shape index (κ1) is 22.4. The minimum atomic E-state index is -0.578. The average Bonchev–Trinajstić information content (AvgIpc) is 2.66. The van der Waals surface area contributed by atoms with Crippen molar-refractivity contribution in [2.24, 2.45) is 4.99 Å². The summed E-state index contributed by atoms with van der Waals surface area (Å²) >= 11 is 1.49. The number of thioether (sulfide) groups is 1. The van der Waals surface area contributed by atoms with Crippen molar-refractivity contribution in [1.82, 2.24) is 20.2 Å². The van der Waals surface area contributed by atoms with Gasteiger partial charge in [0.25, 0.3) is 0 Å². The van der Waals surface area contributed by atoms with Crippen molar-refractivity contribution in [3.8, 4) is 0 Å². The Morgan fingerprint density at radius 1 is 1.37 bits per heavy atom. The van der Waals surface area contributed by atoms with Gasteiger partial charge in [-0.05, 0) is 26.2 Å². The second-order valence-electron chi connectivity index (χ2n) is 5.59. The van der Waals surface area contributed by atoms with E-state index in [1.165, 1.54) is 22.7 Å². The fourth-order valence-corrected chi connectivity index (χ4v) is 2.45. The van der Waals surface area contributed by atoms with Crippen LogP contribution in [-0.4, -0.2) is 71.3 Å². The maximum atomic E-state index is 12.1. The monoisotopic (exact) mass is 393 g/mol. The van der Waals surface area contributed by atoms with E-state index in [4.69, 9.17) is 0 Å². The average molecular weight is 394 g/mol. The number of carbonyl (C=O) groups is 2. The predicted octanol–water partition coefficient (Wildman–Crippen LogP) is 1.11. The fourth-order valence-electron chi connectivity index (χ4n) is 2.06. The number of amides is 2. The van der Waals surface area contributed by atoms with Crippen molar-refractivity contribution in [2.45, 2.75) is 19.9 Å². The Hall–Kier alpha value is -2.62. The summed E-state index contributed by atoms with van der Waals surface area (Å²) < 4.78 is 0. The quantitative estimate of drug-likeness (QED) is 0.262. The Morgan fingerprint density at radius 2 is 2.04 bits per heavy atom. The topological polar surface area (TPSA) is 112 Å². The van der Waals surface area contributed by atoms with Crippen molar-refractivity contribution in [1.29, 1.82) is 0 Å². The lowest BCUT2D eigenvalue weighted by Gasteiger charge is -2.22. The number of rotatable bonds is 8. The highest BCUT2D eigenvalue weighted by Crippen LogP contribution is 2.12. The standard InChI is InChI=1S/C17H27N7O2S/c1-7-15(25)24(5)11(2)16(26)20-9-8-19-13-10-14(22-12(3)21-13)23-17(18-4)27-6/h7,10-11H,1,8-9H2,2-6H3,(H,20,26)(H2,18,19,21,22,23)/t11-/m0/s1. The highest BCUT2D eigenvalue weighted by molar-refractivity contribution is 8.13. The summed E-state index contributed by atoms with van der Waals surface area (Å²) in [5.74, 6) is 1.36. The second kappa shape index (κ2) is 11.2. The van der Waals surface area contributed by atoms with Crippen molar-refractivity contribution in [2.75, 3.05) is 44.1 Å². The zero-order chi connectivity index (χ0) is 20.4. The minimum absolute atomic E-state index is 0.237. The molecule has 0 spiro atoms. The number of carbonyl (C=O) groups excluding carboxylic acids is 2. The van der Waals surface area contributed by atoms with Crippen LogP contribution in [0.25, 0.3) is 0 Å². The number of likely N-dealkylation sites (N-methyl/N-ethyl adjacent to an activating group) is 1. The van der Waals surface area contributed by atoms with Gasteiger partial charge in [0, 0.05) is 33.3 Å². The van der Waals surface area contributed by atoms with Gasteiger partial charge in [0.05, 0.1) is 0 Å². The number of amidine groups is 1. The van der Waals surface area contributed by atoms with E-state index in [0.29, 0.717) is 30.5 Å². The van der Waals surface area contributed by atoms with E-state index in [-0.39, 0.29) is 11.8 Å². The van der Waals surface area contributed by atoms with E-state index in [1.54, 1.807) is 34.0 Å². The highest BCUT2D eigenvalue weighted by Gasteiger charge is 2.20. The van der Waals surface area contributed by atoms with E-state index in [1.807, 2.05) is 6.26 Å². The third kappa shape index (κ3) is 7.26. The lowest BCUT2D eigenvalue weighted by atomic mass is 10.2. The summed E-state index contributed by atoms with van der Waals surface area (Å²) in [6, 6.07) is 1.20. The molecule has 1 rings (SSSR count). The molecule has 0 saturated carbocycles. The Bertz CT molecular complexity index is 709. The number of hydrogen-bond acceptors (Lipinski definition) is 7. The lowest BCUT2D eigenvalue weighted by Crippen LogP contribution is -2.46. The van der Waals surface area contributed by atoms with E-state index >= 15 is 0 Å². The fraction of sp³-hybridized carbons (Fsp3) is 0.471. The molecule has 27 heavy (non-hydrogen) atoms. The van der Waals surface area contributed by atoms with Crippen LogP contribution in [0.1, 0.15) is 12.7 Å². The first-order valence-corrected chi connectivity index (χ1v) is 9.59. The molecule has 0 aliphatic rings. The molecule has 10 heteroatoms. The molecular weight excluding hydrogens is 366 g/mol. The van der Waals surface area contributed by atoms with Crippen LogP contribution in [0, 0.1) is 6.92 Å². The molecule has 0 radical (unpaired) electrons. The number of nitrogens with zero attached hydrogens (tertiary/aromatic N) is 4. The molecule has 0 unspecified atom stereocenters. The molecule has 0 aliphatic heterocycles. The molecule has 0 bridgehead atoms. The second-order valence-corrected chi connectivity index (χ2v) is 6.39. The Balaban J connectivity index is 2.54. The molecule has 0 aliphatic carbocycles. The Morgan fingerprint density at radius 3 is 2.63 bits per heavy atom. The van der Waals surface area contributed by atoms with Crippen LogP contribution in [0.2, 0.25) is 0 Å². The van der Waals surface area contributed by atoms with Gasteiger partial charge in [-0.2, -0.15) is 0 Å². The molecule has 0 saturated heterocycles. The number of aryl methyl sites for hydroxylation is 1. The molecule has 2 amide bonds. The molecule has 1 aromatic heterocycles. The van der Waals surface area contributed by atoms with Gasteiger partial charge in [0.2, 0.25) is 11.8 Å². The van der Waals surface area contributed by atoms with Crippen LogP contribution in [-0.2, 0) is 9.59 Å². The van der Waals surface area contributed by atoms with Crippen LogP contribution in [0.15, 0.2) is 23.7 Å². The first-order chi connectivity index (χ1) is 12.8. The van der Waals surface area contributed by atoms with Crippen LogP contribution in [0.4, 0.5) is 11.6 Å². The largest absolute Gasteiger partial charge is 0.368 e. The van der Waals surface area contributed by atoms with Gasteiger partial charge in [0.15, 0.2) is 5.17 Å². The molecule has 1 heterocycles. The maximum absolute atomic E-state index is 12.1. The molecule has 0 aromatic carbocycles. The normalized spacial score (nSPS) is 12.1. The summed E-state index contributed by atoms with van der Waals surface area (Å²) in [4.78, 5) is 37.7. The third-order valence-electron chi connectivity index (χ3n) is 3.68. The third-order valence-corrected chi connectivity index (χ3v) is 4.35. The molecule has 148 valence electrons. The first-order valence-electron chi connectivity index (χ1n) is 8.36. The SMILES string of the molecule is C=CC(=O)N(C)[C@@H](C)C(=O)NCCNc1cc(N/C(=N/C)SC)nc(C)n1. The van der Waals surface area contributed by atoms with Crippen molar-refractivity contribution in [3.05, 3.63) is 24.5 Å². The number of nitrogens with one attached hydrogen (secondary N) is 3. The zero-order valence-corrected chi connectivity index (χ0v) is 17.2. The van der Waals surface area contributed by atoms with Gasteiger partial charge in [0.1, 0.15) is 23.5 Å². The smallest absolute Gasteiger partial charge is 0.246 e. The van der Waals surface area contributed by atoms with E-state index < -0.39 is 6.04 Å². The van der Waals surface area contributed by atoms with Crippen LogP contribution < -0.4 is 16.0 Å².